The molecule has 0 radical (unpaired) electrons. The average molecular weight is 426 g/mol. The van der Waals surface area contributed by atoms with Crippen molar-refractivity contribution in [1.29, 1.82) is 0 Å². The SMILES string of the molecule is C[C@@H]1CC[C@@H](C(C)(C)c2ccccc2)[C@H](OC(=O)N2CCCC[C@@H]2[C@@H]2C=CC(=O)O2)C1. The third kappa shape index (κ3) is 4.65. The molecule has 3 aliphatic rings. The largest absolute Gasteiger partial charge is 0.453 e. The predicted octanol–water partition coefficient (Wildman–Crippen LogP) is 5.24. The van der Waals surface area contributed by atoms with Gasteiger partial charge in [0.25, 0.3) is 0 Å². The summed E-state index contributed by atoms with van der Waals surface area (Å²) in [6.45, 7) is 7.45. The summed E-state index contributed by atoms with van der Waals surface area (Å²) in [5.41, 5.74) is 1.20. The maximum atomic E-state index is 13.4. The molecule has 2 aliphatic heterocycles. The highest BCUT2D eigenvalue weighted by Crippen LogP contribution is 2.44. The first-order chi connectivity index (χ1) is 14.9. The van der Waals surface area contributed by atoms with Gasteiger partial charge < -0.3 is 14.4 Å². The Morgan fingerprint density at radius 2 is 1.90 bits per heavy atom. The lowest BCUT2D eigenvalue weighted by Gasteiger charge is -2.45. The first kappa shape index (κ1) is 21.9. The van der Waals surface area contributed by atoms with E-state index in [-0.39, 0.29) is 41.6 Å². The summed E-state index contributed by atoms with van der Waals surface area (Å²) in [6, 6.07) is 10.4. The summed E-state index contributed by atoms with van der Waals surface area (Å²) < 4.78 is 11.7. The minimum absolute atomic E-state index is 0.0859. The van der Waals surface area contributed by atoms with E-state index in [1.807, 2.05) is 11.0 Å². The molecule has 0 N–H and O–H groups in total. The number of carbonyl (C=O) groups is 2. The zero-order chi connectivity index (χ0) is 22.0. The Morgan fingerprint density at radius 1 is 1.13 bits per heavy atom. The molecule has 2 heterocycles. The lowest BCUT2D eigenvalue weighted by Crippen LogP contribution is -2.52. The molecule has 1 amide bonds. The normalized spacial score (nSPS) is 31.4. The predicted molar refractivity (Wildman–Crippen MR) is 120 cm³/mol. The van der Waals surface area contributed by atoms with E-state index < -0.39 is 0 Å². The van der Waals surface area contributed by atoms with Crippen molar-refractivity contribution in [2.75, 3.05) is 6.54 Å². The number of cyclic esters (lactones) is 1. The molecule has 5 nitrogen and oxygen atoms in total. The van der Waals surface area contributed by atoms with Gasteiger partial charge >= 0.3 is 12.1 Å². The van der Waals surface area contributed by atoms with Crippen LogP contribution in [-0.2, 0) is 19.7 Å². The second kappa shape index (κ2) is 9.05. The highest BCUT2D eigenvalue weighted by molar-refractivity contribution is 5.84. The molecule has 5 heteroatoms. The van der Waals surface area contributed by atoms with Gasteiger partial charge in [-0.3, -0.25) is 0 Å². The van der Waals surface area contributed by atoms with Crippen molar-refractivity contribution in [1.82, 2.24) is 4.90 Å². The van der Waals surface area contributed by atoms with Gasteiger partial charge in [-0.1, -0.05) is 57.5 Å². The molecule has 0 aromatic heterocycles. The molecule has 1 aromatic rings. The molecule has 1 saturated heterocycles. The number of ether oxygens (including phenoxy) is 2. The highest BCUT2D eigenvalue weighted by Gasteiger charge is 2.44. The molecule has 0 unspecified atom stereocenters. The van der Waals surface area contributed by atoms with Crippen molar-refractivity contribution in [2.45, 2.75) is 83.0 Å². The van der Waals surface area contributed by atoms with Crippen molar-refractivity contribution in [2.24, 2.45) is 11.8 Å². The number of carbonyl (C=O) groups excluding carboxylic acids is 2. The van der Waals surface area contributed by atoms with Gasteiger partial charge in [0.05, 0.1) is 6.04 Å². The van der Waals surface area contributed by atoms with E-state index in [4.69, 9.17) is 9.47 Å². The van der Waals surface area contributed by atoms with Gasteiger partial charge in [0.1, 0.15) is 12.2 Å². The van der Waals surface area contributed by atoms with Crippen LogP contribution in [0.5, 0.6) is 0 Å². The zero-order valence-corrected chi connectivity index (χ0v) is 19.0. The average Bonchev–Trinajstić information content (AvgIpc) is 3.20. The number of esters is 1. The van der Waals surface area contributed by atoms with Crippen molar-refractivity contribution in [3.8, 4) is 0 Å². The van der Waals surface area contributed by atoms with Crippen LogP contribution >= 0.6 is 0 Å². The Labute approximate surface area is 185 Å². The van der Waals surface area contributed by atoms with E-state index in [9.17, 15) is 9.59 Å². The first-order valence-corrected chi connectivity index (χ1v) is 11.8. The van der Waals surface area contributed by atoms with Crippen LogP contribution in [0.25, 0.3) is 0 Å². The number of likely N-dealkylation sites (tertiary alicyclic amines) is 1. The Bertz CT molecular complexity index is 818. The second-order valence-electron chi connectivity index (χ2n) is 10.1. The number of hydrogen-bond acceptors (Lipinski definition) is 4. The molecule has 4 rings (SSSR count). The molecule has 0 bridgehead atoms. The number of amides is 1. The monoisotopic (exact) mass is 425 g/mol. The second-order valence-corrected chi connectivity index (χ2v) is 10.1. The zero-order valence-electron chi connectivity index (χ0n) is 19.0. The third-order valence-corrected chi connectivity index (χ3v) is 7.59. The van der Waals surface area contributed by atoms with E-state index in [0.717, 1.165) is 38.5 Å². The van der Waals surface area contributed by atoms with E-state index in [1.54, 1.807) is 6.08 Å². The topological polar surface area (TPSA) is 55.8 Å². The van der Waals surface area contributed by atoms with Gasteiger partial charge in [0.2, 0.25) is 0 Å². The van der Waals surface area contributed by atoms with Gasteiger partial charge in [-0.25, -0.2) is 9.59 Å². The van der Waals surface area contributed by atoms with Crippen LogP contribution in [0.2, 0.25) is 0 Å². The number of piperidine rings is 1. The van der Waals surface area contributed by atoms with E-state index in [0.29, 0.717) is 12.5 Å². The molecule has 1 aromatic carbocycles. The summed E-state index contributed by atoms with van der Waals surface area (Å²) in [4.78, 5) is 26.7. The fourth-order valence-electron chi connectivity index (χ4n) is 5.68. The first-order valence-electron chi connectivity index (χ1n) is 11.8. The van der Waals surface area contributed by atoms with Crippen molar-refractivity contribution >= 4 is 12.1 Å². The van der Waals surface area contributed by atoms with Gasteiger partial charge in [-0.05, 0) is 55.1 Å². The van der Waals surface area contributed by atoms with Gasteiger partial charge in [-0.2, -0.15) is 0 Å². The van der Waals surface area contributed by atoms with Crippen molar-refractivity contribution in [3.05, 3.63) is 48.0 Å². The molecular formula is C26H35NO4. The van der Waals surface area contributed by atoms with Crippen LogP contribution in [0.15, 0.2) is 42.5 Å². The van der Waals surface area contributed by atoms with E-state index in [1.165, 1.54) is 11.6 Å². The molecular weight excluding hydrogens is 390 g/mol. The smallest absolute Gasteiger partial charge is 0.410 e. The maximum Gasteiger partial charge on any atom is 0.410 e. The number of nitrogens with zero attached hydrogens (tertiary/aromatic N) is 1. The summed E-state index contributed by atoms with van der Waals surface area (Å²) in [5.74, 6) is 0.480. The van der Waals surface area contributed by atoms with E-state index >= 15 is 0 Å². The van der Waals surface area contributed by atoms with Crippen LogP contribution in [-0.4, -0.2) is 41.8 Å². The fraction of sp³-hybridized carbons (Fsp3) is 0.615. The standard InChI is InChI=1S/C26H35NO4/c1-18-12-13-20(26(2,3)19-9-5-4-6-10-19)23(17-18)31-25(29)27-16-8-7-11-21(27)22-14-15-24(28)30-22/h4-6,9-10,14-15,18,20-23H,7-8,11-13,16-17H2,1-3H3/t18-,20-,21-,22+,23-/m1/s1. The minimum Gasteiger partial charge on any atom is -0.453 e. The highest BCUT2D eigenvalue weighted by atomic mass is 16.6. The third-order valence-electron chi connectivity index (χ3n) is 7.59. The van der Waals surface area contributed by atoms with Gasteiger partial charge in [0.15, 0.2) is 0 Å². The number of rotatable bonds is 4. The van der Waals surface area contributed by atoms with Crippen LogP contribution in [0.1, 0.15) is 64.9 Å². The molecule has 1 saturated carbocycles. The molecule has 5 atom stereocenters. The number of benzene rings is 1. The molecule has 0 spiro atoms. The summed E-state index contributed by atoms with van der Waals surface area (Å²) in [7, 11) is 0. The Morgan fingerprint density at radius 3 is 2.61 bits per heavy atom. The molecule has 1 aliphatic carbocycles. The van der Waals surface area contributed by atoms with Crippen LogP contribution in [0.4, 0.5) is 4.79 Å². The molecule has 2 fully saturated rings. The van der Waals surface area contributed by atoms with Gasteiger partial charge in [0, 0.05) is 18.5 Å². The lowest BCUT2D eigenvalue weighted by molar-refractivity contribution is -0.141. The number of hydrogen-bond donors (Lipinski definition) is 0. The van der Waals surface area contributed by atoms with E-state index in [2.05, 4.69) is 45.0 Å². The van der Waals surface area contributed by atoms with Crippen LogP contribution < -0.4 is 0 Å². The summed E-state index contributed by atoms with van der Waals surface area (Å²) in [6.07, 6.45) is 8.42. The summed E-state index contributed by atoms with van der Waals surface area (Å²) in [5, 5.41) is 0. The quantitative estimate of drug-likeness (QED) is 0.619. The van der Waals surface area contributed by atoms with Crippen LogP contribution in [0, 0.1) is 11.8 Å². The Kier molecular flexibility index (Phi) is 6.40. The lowest BCUT2D eigenvalue weighted by atomic mass is 9.64. The fourth-order valence-corrected chi connectivity index (χ4v) is 5.68. The minimum atomic E-state index is -0.359. The van der Waals surface area contributed by atoms with Crippen molar-refractivity contribution in [3.63, 3.8) is 0 Å². The van der Waals surface area contributed by atoms with Crippen LogP contribution in [0.3, 0.4) is 0 Å². The molecule has 168 valence electrons. The summed E-state index contributed by atoms with van der Waals surface area (Å²) >= 11 is 0. The Balaban J connectivity index is 1.51. The molecule has 31 heavy (non-hydrogen) atoms. The maximum absolute atomic E-state index is 13.4. The van der Waals surface area contributed by atoms with Gasteiger partial charge in [-0.15, -0.1) is 0 Å². The van der Waals surface area contributed by atoms with Crippen molar-refractivity contribution < 1.29 is 19.1 Å². The Hall–Kier alpha value is -2.30.